The Kier molecular flexibility index (Phi) is 4.02. The van der Waals surface area contributed by atoms with Crippen LogP contribution in [0.3, 0.4) is 0 Å². The molecule has 0 fully saturated rings. The maximum absolute atomic E-state index is 5.66. The van der Waals surface area contributed by atoms with Crippen molar-refractivity contribution >= 4 is 21.5 Å². The zero-order valence-corrected chi connectivity index (χ0v) is 13.2. The Labute approximate surface area is 127 Å². The number of ketones is 1. The van der Waals surface area contributed by atoms with Crippen LogP contribution in [0.4, 0.5) is 0 Å². The summed E-state index contributed by atoms with van der Waals surface area (Å²) < 4.78 is 11.3. The Morgan fingerprint density at radius 2 is 1.62 bits per heavy atom. The summed E-state index contributed by atoms with van der Waals surface area (Å²) in [7, 11) is 0.000648. The number of allylic oxidation sites excluding steroid dienone is 1. The summed E-state index contributed by atoms with van der Waals surface area (Å²) in [5.74, 6) is 2.27. The molecule has 1 heterocycles. The molecule has 0 unspecified atom stereocenters. The zero-order chi connectivity index (χ0) is 14.7. The van der Waals surface area contributed by atoms with E-state index in [0.717, 1.165) is 22.7 Å². The first-order chi connectivity index (χ1) is 10.2. The summed E-state index contributed by atoms with van der Waals surface area (Å²) >= 11 is 0. The first-order valence-corrected chi connectivity index (χ1v) is 7.89. The highest BCUT2D eigenvalue weighted by atomic mass is 28.2. The fourth-order valence-corrected chi connectivity index (χ4v) is 2.78. The minimum absolute atomic E-state index is 0.000648. The van der Waals surface area contributed by atoms with Crippen LogP contribution in [0.15, 0.2) is 60.7 Å². The first kappa shape index (κ1) is 13.8. The fraction of sp³-hybridized carbons (Fsp3) is 0.167. The molecule has 2 aromatic carbocycles. The van der Waals surface area contributed by atoms with Gasteiger partial charge in [-0.15, -0.1) is 0 Å². The van der Waals surface area contributed by atoms with Crippen molar-refractivity contribution in [2.75, 3.05) is 0 Å². The van der Waals surface area contributed by atoms with Crippen LogP contribution in [-0.4, -0.2) is 15.8 Å². The second kappa shape index (κ2) is 6.10. The largest absolute Gasteiger partial charge is 1.03 e. The van der Waals surface area contributed by atoms with Gasteiger partial charge in [0, 0.05) is 5.56 Å². The minimum Gasteiger partial charge on any atom is -0.460 e. The van der Waals surface area contributed by atoms with Gasteiger partial charge in [-0.2, -0.15) is 0 Å². The molecule has 2 aromatic rings. The minimum atomic E-state index is 0.000648. The molecule has 1 aliphatic heterocycles. The Balaban J connectivity index is 1.89. The molecule has 21 heavy (non-hydrogen) atoms. The van der Waals surface area contributed by atoms with Gasteiger partial charge in [0.2, 0.25) is 0 Å². The Hall–Kier alpha value is -2.13. The molecule has 3 heteroatoms. The SMILES string of the molecule is CC(C)c1ccc(C2=CC(c3ccccc3)=[O+][Si]O2)cc1. The summed E-state index contributed by atoms with van der Waals surface area (Å²) in [6, 6.07) is 18.6. The second-order valence-corrected chi connectivity index (χ2v) is 5.88. The molecule has 0 aromatic heterocycles. The molecule has 0 N–H and O–H groups in total. The van der Waals surface area contributed by atoms with E-state index in [1.807, 2.05) is 36.4 Å². The smallest absolute Gasteiger partial charge is 0.460 e. The molecule has 0 saturated heterocycles. The van der Waals surface area contributed by atoms with Crippen molar-refractivity contribution in [1.29, 1.82) is 0 Å². The fourth-order valence-electron chi connectivity index (χ4n) is 2.21. The average Bonchev–Trinajstić information content (AvgIpc) is 2.56. The highest BCUT2D eigenvalue weighted by Gasteiger charge is 2.27. The van der Waals surface area contributed by atoms with Crippen molar-refractivity contribution in [3.05, 3.63) is 77.4 Å². The van der Waals surface area contributed by atoms with Gasteiger partial charge in [-0.25, -0.2) is 0 Å². The van der Waals surface area contributed by atoms with E-state index >= 15 is 0 Å². The lowest BCUT2D eigenvalue weighted by Crippen LogP contribution is -2.11. The lowest BCUT2D eigenvalue weighted by molar-refractivity contribution is -0.101. The van der Waals surface area contributed by atoms with E-state index < -0.39 is 0 Å². The summed E-state index contributed by atoms with van der Waals surface area (Å²) in [5, 5.41) is 0. The summed E-state index contributed by atoms with van der Waals surface area (Å²) in [4.78, 5) is 0. The van der Waals surface area contributed by atoms with E-state index in [2.05, 4.69) is 38.1 Å². The number of hydrogen-bond acceptors (Lipinski definition) is 1. The van der Waals surface area contributed by atoms with Crippen molar-refractivity contribution in [2.24, 2.45) is 0 Å². The molecule has 2 nitrogen and oxygen atoms in total. The van der Waals surface area contributed by atoms with Gasteiger partial charge in [-0.05, 0) is 23.6 Å². The number of carbonyl (C=O) groups excluding carboxylic acids is 1. The Bertz CT molecular complexity index is 670. The third-order valence-electron chi connectivity index (χ3n) is 3.49. The lowest BCUT2D eigenvalue weighted by Gasteiger charge is -2.09. The van der Waals surface area contributed by atoms with Crippen molar-refractivity contribution in [3.63, 3.8) is 0 Å². The molecule has 0 aliphatic carbocycles. The molecule has 3 rings (SSSR count). The number of hydrogen-bond donors (Lipinski definition) is 0. The number of benzene rings is 2. The van der Waals surface area contributed by atoms with Gasteiger partial charge in [-0.1, -0.05) is 56.3 Å². The molecule has 0 bridgehead atoms. The van der Waals surface area contributed by atoms with E-state index in [0.29, 0.717) is 5.92 Å². The van der Waals surface area contributed by atoms with Crippen LogP contribution in [-0.2, 0) is 4.43 Å². The van der Waals surface area contributed by atoms with Crippen LogP contribution in [0, 0.1) is 0 Å². The van der Waals surface area contributed by atoms with Gasteiger partial charge >= 0.3 is 15.8 Å². The van der Waals surface area contributed by atoms with Crippen LogP contribution in [0.5, 0.6) is 0 Å². The van der Waals surface area contributed by atoms with Crippen molar-refractivity contribution in [3.8, 4) is 0 Å². The van der Waals surface area contributed by atoms with E-state index in [-0.39, 0.29) is 10.0 Å². The molecule has 0 saturated carbocycles. The Morgan fingerprint density at radius 1 is 0.905 bits per heavy atom. The van der Waals surface area contributed by atoms with E-state index in [1.165, 1.54) is 5.56 Å². The van der Waals surface area contributed by atoms with Crippen LogP contribution in [0.25, 0.3) is 5.76 Å². The van der Waals surface area contributed by atoms with E-state index in [9.17, 15) is 0 Å². The van der Waals surface area contributed by atoms with Gasteiger partial charge in [0.05, 0.1) is 11.6 Å². The highest BCUT2D eigenvalue weighted by Crippen LogP contribution is 2.22. The second-order valence-electron chi connectivity index (χ2n) is 5.30. The molecule has 0 atom stereocenters. The van der Waals surface area contributed by atoms with Gasteiger partial charge in [-0.3, -0.25) is 0 Å². The molecular weight excluding hydrogens is 276 g/mol. The third-order valence-corrected chi connectivity index (χ3v) is 4.09. The molecular formula is C18H17O2Si+. The van der Waals surface area contributed by atoms with Gasteiger partial charge in [0.1, 0.15) is 5.76 Å². The lowest BCUT2D eigenvalue weighted by atomic mass is 10.0. The van der Waals surface area contributed by atoms with Gasteiger partial charge < -0.3 is 8.54 Å². The zero-order valence-electron chi connectivity index (χ0n) is 12.2. The third kappa shape index (κ3) is 3.14. The van der Waals surface area contributed by atoms with Gasteiger partial charge in [0.25, 0.3) is 0 Å². The first-order valence-electron chi connectivity index (χ1n) is 7.07. The van der Waals surface area contributed by atoms with Crippen molar-refractivity contribution in [1.82, 2.24) is 0 Å². The maximum Gasteiger partial charge on any atom is 1.03 e. The highest BCUT2D eigenvalue weighted by molar-refractivity contribution is 6.25. The molecule has 0 spiro atoms. The molecule has 0 amide bonds. The van der Waals surface area contributed by atoms with Crippen molar-refractivity contribution < 1.29 is 8.54 Å². The van der Waals surface area contributed by atoms with Crippen LogP contribution in [0.2, 0.25) is 0 Å². The average molecular weight is 293 g/mol. The summed E-state index contributed by atoms with van der Waals surface area (Å²) in [6.07, 6.45) is 1.97. The van der Waals surface area contributed by atoms with Gasteiger partial charge in [0.15, 0.2) is 0 Å². The summed E-state index contributed by atoms with van der Waals surface area (Å²) in [6.45, 7) is 4.39. The van der Waals surface area contributed by atoms with Crippen LogP contribution < -0.4 is 0 Å². The standard InChI is InChI=1S/C18H17O2Si/c1-13(2)14-8-10-16(11-9-14)18-12-17(19-21-20-18)15-6-4-3-5-7-15/h3-13H,1-2H3/q+1. The quantitative estimate of drug-likeness (QED) is 0.615. The van der Waals surface area contributed by atoms with Crippen LogP contribution >= 0.6 is 0 Å². The predicted octanol–water partition coefficient (Wildman–Crippen LogP) is 4.13. The summed E-state index contributed by atoms with van der Waals surface area (Å²) in [5.41, 5.74) is 3.49. The predicted molar refractivity (Wildman–Crippen MR) is 86.1 cm³/mol. The molecule has 104 valence electrons. The van der Waals surface area contributed by atoms with Crippen molar-refractivity contribution in [2.45, 2.75) is 19.8 Å². The normalized spacial score (nSPS) is 14.4. The Morgan fingerprint density at radius 3 is 2.29 bits per heavy atom. The monoisotopic (exact) mass is 293 g/mol. The maximum atomic E-state index is 5.66. The molecule has 2 radical (unpaired) electrons. The number of rotatable bonds is 3. The molecule has 1 aliphatic rings. The van der Waals surface area contributed by atoms with E-state index in [1.54, 1.807) is 0 Å². The topological polar surface area (TPSA) is 20.5 Å². The van der Waals surface area contributed by atoms with Crippen LogP contribution in [0.1, 0.15) is 40.6 Å². The van der Waals surface area contributed by atoms with E-state index in [4.69, 9.17) is 8.54 Å².